The van der Waals surface area contributed by atoms with Crippen molar-refractivity contribution < 1.29 is 9.90 Å². The number of hydrogen-bond acceptors (Lipinski definition) is 4. The number of carbonyl (C=O) groups is 1. The van der Waals surface area contributed by atoms with Gasteiger partial charge in [-0.05, 0) is 29.7 Å². The summed E-state index contributed by atoms with van der Waals surface area (Å²) < 4.78 is 0. The molecule has 1 heterocycles. The lowest BCUT2D eigenvalue weighted by Crippen LogP contribution is -2.36. The van der Waals surface area contributed by atoms with Crippen molar-refractivity contribution in [2.45, 2.75) is 19.1 Å². The number of nitrogens with zero attached hydrogens (tertiary/aromatic N) is 2. The molecule has 0 bridgehead atoms. The maximum absolute atomic E-state index is 11.8. The third-order valence-electron chi connectivity index (χ3n) is 3.61. The Hall–Kier alpha value is -2.60. The third kappa shape index (κ3) is 5.55. The van der Waals surface area contributed by atoms with Gasteiger partial charge in [-0.1, -0.05) is 30.3 Å². The summed E-state index contributed by atoms with van der Waals surface area (Å²) in [6.45, 7) is 0.831. The number of pyridine rings is 1. The van der Waals surface area contributed by atoms with E-state index in [-0.39, 0.29) is 6.03 Å². The van der Waals surface area contributed by atoms with Crippen LogP contribution in [0.5, 0.6) is 0 Å². The molecule has 6 heteroatoms. The molecule has 1 aromatic heterocycles. The van der Waals surface area contributed by atoms with Crippen molar-refractivity contribution in [3.8, 4) is 0 Å². The van der Waals surface area contributed by atoms with Crippen LogP contribution in [0.2, 0.25) is 0 Å². The number of nitrogens with one attached hydrogen (secondary N) is 2. The second kappa shape index (κ2) is 8.88. The van der Waals surface area contributed by atoms with Crippen molar-refractivity contribution >= 4 is 11.8 Å². The number of amides is 2. The molecule has 0 spiro atoms. The fourth-order valence-corrected chi connectivity index (χ4v) is 2.22. The molecule has 2 amide bonds. The monoisotopic (exact) mass is 328 g/mol. The Kier molecular flexibility index (Phi) is 6.57. The van der Waals surface area contributed by atoms with Gasteiger partial charge >= 0.3 is 6.03 Å². The van der Waals surface area contributed by atoms with Crippen LogP contribution in [0.15, 0.2) is 48.7 Å². The molecular formula is C18H24N4O2. The highest BCUT2D eigenvalue weighted by Crippen LogP contribution is 2.14. The van der Waals surface area contributed by atoms with Gasteiger partial charge in [0.05, 0.1) is 6.10 Å². The maximum atomic E-state index is 11.8. The zero-order chi connectivity index (χ0) is 17.4. The zero-order valence-electron chi connectivity index (χ0n) is 14.1. The average molecular weight is 328 g/mol. The van der Waals surface area contributed by atoms with E-state index >= 15 is 0 Å². The van der Waals surface area contributed by atoms with Crippen molar-refractivity contribution in [1.29, 1.82) is 0 Å². The van der Waals surface area contributed by atoms with Crippen LogP contribution in [0.4, 0.5) is 10.6 Å². The molecule has 0 aliphatic carbocycles. The molecule has 128 valence electrons. The second-order valence-electron chi connectivity index (χ2n) is 5.74. The van der Waals surface area contributed by atoms with Crippen molar-refractivity contribution in [3.05, 3.63) is 59.8 Å². The lowest BCUT2D eigenvalue weighted by molar-refractivity contribution is 0.167. The Labute approximate surface area is 142 Å². The topological polar surface area (TPSA) is 77.5 Å². The van der Waals surface area contributed by atoms with Gasteiger partial charge in [-0.15, -0.1) is 0 Å². The first-order chi connectivity index (χ1) is 11.6. The van der Waals surface area contributed by atoms with Crippen molar-refractivity contribution in [3.63, 3.8) is 0 Å². The molecule has 6 nitrogen and oxygen atoms in total. The molecule has 3 N–H and O–H groups in total. The van der Waals surface area contributed by atoms with Crippen LogP contribution >= 0.6 is 0 Å². The van der Waals surface area contributed by atoms with E-state index in [0.29, 0.717) is 19.5 Å². The van der Waals surface area contributed by atoms with Crippen LogP contribution in [0.3, 0.4) is 0 Å². The first-order valence-electron chi connectivity index (χ1n) is 7.93. The molecule has 0 aliphatic heterocycles. The molecule has 1 unspecified atom stereocenters. The summed E-state index contributed by atoms with van der Waals surface area (Å²) in [5.41, 5.74) is 1.83. The van der Waals surface area contributed by atoms with E-state index < -0.39 is 6.10 Å². The minimum atomic E-state index is -0.575. The number of aliphatic hydroxyl groups excluding tert-OH is 1. The highest BCUT2D eigenvalue weighted by atomic mass is 16.3. The van der Waals surface area contributed by atoms with Crippen molar-refractivity contribution in [2.24, 2.45) is 0 Å². The van der Waals surface area contributed by atoms with Gasteiger partial charge in [0.2, 0.25) is 0 Å². The molecule has 1 aromatic carbocycles. The van der Waals surface area contributed by atoms with E-state index in [9.17, 15) is 9.90 Å². The molecule has 0 fully saturated rings. The van der Waals surface area contributed by atoms with Gasteiger partial charge < -0.3 is 20.6 Å². The van der Waals surface area contributed by atoms with Gasteiger partial charge in [-0.25, -0.2) is 9.78 Å². The summed E-state index contributed by atoms with van der Waals surface area (Å²) in [6, 6.07) is 13.0. The number of urea groups is 1. The molecule has 0 aliphatic rings. The van der Waals surface area contributed by atoms with Gasteiger partial charge in [-0.2, -0.15) is 0 Å². The summed E-state index contributed by atoms with van der Waals surface area (Å²) in [4.78, 5) is 18.0. The van der Waals surface area contributed by atoms with Crippen LogP contribution in [0.1, 0.15) is 23.7 Å². The zero-order valence-corrected chi connectivity index (χ0v) is 14.1. The molecule has 2 rings (SSSR count). The summed E-state index contributed by atoms with van der Waals surface area (Å²) in [5.74, 6) is 0.848. The Morgan fingerprint density at radius 2 is 1.96 bits per heavy atom. The first kappa shape index (κ1) is 17.7. The number of aromatic nitrogens is 1. The summed E-state index contributed by atoms with van der Waals surface area (Å²) >= 11 is 0. The van der Waals surface area contributed by atoms with Gasteiger partial charge in [-0.3, -0.25) is 0 Å². The standard InChI is InChI=1S/C18H24N4O2/c1-22(2)17-12-14(8-10-19-17)13-21-18(24)20-11-9-16(23)15-6-4-3-5-7-15/h3-8,10,12,16,23H,9,11,13H2,1-2H3,(H2,20,21,24). The highest BCUT2D eigenvalue weighted by molar-refractivity contribution is 5.73. The second-order valence-corrected chi connectivity index (χ2v) is 5.74. The molecule has 0 saturated carbocycles. The Bertz CT molecular complexity index is 646. The van der Waals surface area contributed by atoms with Crippen molar-refractivity contribution in [1.82, 2.24) is 15.6 Å². The van der Waals surface area contributed by atoms with Crippen LogP contribution < -0.4 is 15.5 Å². The van der Waals surface area contributed by atoms with E-state index in [1.165, 1.54) is 0 Å². The average Bonchev–Trinajstić information content (AvgIpc) is 2.61. The maximum Gasteiger partial charge on any atom is 0.315 e. The third-order valence-corrected chi connectivity index (χ3v) is 3.61. The van der Waals surface area contributed by atoms with Gasteiger partial charge in [0.25, 0.3) is 0 Å². The number of aliphatic hydroxyl groups is 1. The molecular weight excluding hydrogens is 304 g/mol. The quantitative estimate of drug-likeness (QED) is 0.727. The van der Waals surface area contributed by atoms with E-state index in [1.54, 1.807) is 6.20 Å². The highest BCUT2D eigenvalue weighted by Gasteiger charge is 2.08. The van der Waals surface area contributed by atoms with Crippen LogP contribution in [-0.4, -0.2) is 36.8 Å². The molecule has 1 atom stereocenters. The Balaban J connectivity index is 1.71. The van der Waals surface area contributed by atoms with E-state index in [0.717, 1.165) is 16.9 Å². The smallest absolute Gasteiger partial charge is 0.315 e. The largest absolute Gasteiger partial charge is 0.388 e. The lowest BCUT2D eigenvalue weighted by Gasteiger charge is -2.13. The SMILES string of the molecule is CN(C)c1cc(CNC(=O)NCCC(O)c2ccccc2)ccn1. The van der Waals surface area contributed by atoms with Crippen molar-refractivity contribution in [2.75, 3.05) is 25.5 Å². The predicted molar refractivity (Wildman–Crippen MR) is 94.8 cm³/mol. The van der Waals surface area contributed by atoms with E-state index in [1.807, 2.05) is 61.5 Å². The molecule has 0 saturated heterocycles. The Morgan fingerprint density at radius 3 is 2.67 bits per heavy atom. The van der Waals surface area contributed by atoms with E-state index in [2.05, 4.69) is 15.6 Å². The molecule has 2 aromatic rings. The predicted octanol–water partition coefficient (Wildman–Crippen LogP) is 2.07. The summed E-state index contributed by atoms with van der Waals surface area (Å²) in [5, 5.41) is 15.6. The fourth-order valence-electron chi connectivity index (χ4n) is 2.22. The van der Waals surface area contributed by atoms with Crippen LogP contribution in [0, 0.1) is 0 Å². The van der Waals surface area contributed by atoms with E-state index in [4.69, 9.17) is 0 Å². The first-order valence-corrected chi connectivity index (χ1v) is 7.93. The van der Waals surface area contributed by atoms with Gasteiger partial charge in [0.15, 0.2) is 0 Å². The lowest BCUT2D eigenvalue weighted by atomic mass is 10.1. The molecule has 0 radical (unpaired) electrons. The Morgan fingerprint density at radius 1 is 1.21 bits per heavy atom. The summed E-state index contributed by atoms with van der Waals surface area (Å²) in [7, 11) is 3.84. The normalized spacial score (nSPS) is 11.6. The minimum Gasteiger partial charge on any atom is -0.388 e. The number of benzene rings is 1. The van der Waals surface area contributed by atoms with Crippen LogP contribution in [0.25, 0.3) is 0 Å². The fraction of sp³-hybridized carbons (Fsp3) is 0.333. The van der Waals surface area contributed by atoms with Gasteiger partial charge in [0.1, 0.15) is 5.82 Å². The molecule has 24 heavy (non-hydrogen) atoms. The number of carbonyl (C=O) groups excluding carboxylic acids is 1. The number of anilines is 1. The summed E-state index contributed by atoms with van der Waals surface area (Å²) in [6.07, 6.45) is 1.62. The number of rotatable bonds is 7. The van der Waals surface area contributed by atoms with Crippen LogP contribution in [-0.2, 0) is 6.54 Å². The number of hydrogen-bond donors (Lipinski definition) is 3. The van der Waals surface area contributed by atoms with Gasteiger partial charge in [0, 0.05) is 33.4 Å². The minimum absolute atomic E-state index is 0.251.